The molecule has 0 aliphatic heterocycles. The summed E-state index contributed by atoms with van der Waals surface area (Å²) in [5, 5.41) is 0. The topological polar surface area (TPSA) is 9.23 Å². The summed E-state index contributed by atoms with van der Waals surface area (Å²) in [6.45, 7) is 5.19. The highest BCUT2D eigenvalue weighted by molar-refractivity contribution is 5.22. The largest absolute Gasteiger partial charge is 0.380 e. The van der Waals surface area contributed by atoms with Gasteiger partial charge < -0.3 is 4.74 Å². The van der Waals surface area contributed by atoms with Crippen molar-refractivity contribution in [3.05, 3.63) is 35.4 Å². The third-order valence-corrected chi connectivity index (χ3v) is 1.98. The van der Waals surface area contributed by atoms with Crippen LogP contribution in [-0.2, 0) is 17.8 Å². The lowest BCUT2D eigenvalue weighted by atomic mass is 10.0. The lowest BCUT2D eigenvalue weighted by molar-refractivity contribution is 0.185. The minimum Gasteiger partial charge on any atom is -0.380 e. The molecule has 0 bridgehead atoms. The Bertz CT molecular complexity index is 236. The van der Waals surface area contributed by atoms with Crippen LogP contribution < -0.4 is 0 Å². The van der Waals surface area contributed by atoms with Crippen LogP contribution >= 0.6 is 0 Å². The van der Waals surface area contributed by atoms with Crippen molar-refractivity contribution in [2.45, 2.75) is 26.9 Å². The van der Waals surface area contributed by atoms with E-state index in [4.69, 9.17) is 4.74 Å². The van der Waals surface area contributed by atoms with Gasteiger partial charge >= 0.3 is 0 Å². The van der Waals surface area contributed by atoms with E-state index in [-0.39, 0.29) is 0 Å². The third kappa shape index (κ3) is 3.60. The van der Waals surface area contributed by atoms with E-state index in [2.05, 4.69) is 38.1 Å². The van der Waals surface area contributed by atoms with Crippen molar-refractivity contribution in [1.29, 1.82) is 0 Å². The van der Waals surface area contributed by atoms with E-state index in [0.717, 1.165) is 12.3 Å². The fraction of sp³-hybridized carbons (Fsp3) is 0.500. The molecule has 0 radical (unpaired) electrons. The van der Waals surface area contributed by atoms with Crippen LogP contribution in [0.4, 0.5) is 0 Å². The minimum absolute atomic E-state index is 0.710. The predicted molar refractivity (Wildman–Crippen MR) is 55.7 cm³/mol. The summed E-state index contributed by atoms with van der Waals surface area (Å²) in [6, 6.07) is 8.66. The molecule has 72 valence electrons. The number of hydrogen-bond acceptors (Lipinski definition) is 1. The maximum absolute atomic E-state index is 5.05. The number of hydrogen-bond donors (Lipinski definition) is 0. The molecular weight excluding hydrogens is 160 g/mol. The molecule has 0 spiro atoms. The van der Waals surface area contributed by atoms with Crippen molar-refractivity contribution in [3.8, 4) is 0 Å². The van der Waals surface area contributed by atoms with E-state index in [0.29, 0.717) is 6.61 Å². The predicted octanol–water partition coefficient (Wildman–Crippen LogP) is 3.03. The van der Waals surface area contributed by atoms with Crippen molar-refractivity contribution < 1.29 is 4.74 Å². The van der Waals surface area contributed by atoms with Gasteiger partial charge in [-0.2, -0.15) is 0 Å². The smallest absolute Gasteiger partial charge is 0.0713 e. The first-order chi connectivity index (χ1) is 6.22. The Morgan fingerprint density at radius 3 is 2.08 bits per heavy atom. The molecule has 0 unspecified atom stereocenters. The fourth-order valence-electron chi connectivity index (χ4n) is 1.41. The molecule has 0 heterocycles. The summed E-state index contributed by atoms with van der Waals surface area (Å²) in [5.41, 5.74) is 2.66. The summed E-state index contributed by atoms with van der Waals surface area (Å²) in [5.74, 6) is 0.730. The SMILES string of the molecule is COCc1ccc(CC(C)C)cc1. The molecular formula is C12H18O. The third-order valence-electron chi connectivity index (χ3n) is 1.98. The standard InChI is InChI=1S/C12H18O/c1-10(2)8-11-4-6-12(7-5-11)9-13-3/h4-7,10H,8-9H2,1-3H3. The number of ether oxygens (including phenoxy) is 1. The molecule has 0 aliphatic carbocycles. The van der Waals surface area contributed by atoms with E-state index in [1.165, 1.54) is 11.1 Å². The van der Waals surface area contributed by atoms with Crippen LogP contribution in [-0.4, -0.2) is 7.11 Å². The molecule has 1 aromatic rings. The number of rotatable bonds is 4. The van der Waals surface area contributed by atoms with Crippen LogP contribution in [0.2, 0.25) is 0 Å². The van der Waals surface area contributed by atoms with Gasteiger partial charge in [-0.1, -0.05) is 38.1 Å². The van der Waals surface area contributed by atoms with Gasteiger partial charge in [-0.15, -0.1) is 0 Å². The first kappa shape index (κ1) is 10.3. The van der Waals surface area contributed by atoms with Crippen LogP contribution in [0.3, 0.4) is 0 Å². The lowest BCUT2D eigenvalue weighted by Crippen LogP contribution is -1.94. The minimum atomic E-state index is 0.710. The first-order valence-corrected chi connectivity index (χ1v) is 4.79. The van der Waals surface area contributed by atoms with Crippen molar-refractivity contribution in [1.82, 2.24) is 0 Å². The number of methoxy groups -OCH3 is 1. The highest BCUT2D eigenvalue weighted by Crippen LogP contribution is 2.10. The van der Waals surface area contributed by atoms with Gasteiger partial charge in [0.25, 0.3) is 0 Å². The molecule has 1 aromatic carbocycles. The van der Waals surface area contributed by atoms with Gasteiger partial charge in [-0.3, -0.25) is 0 Å². The summed E-state index contributed by atoms with van der Waals surface area (Å²) >= 11 is 0. The molecule has 0 atom stereocenters. The average Bonchev–Trinajstić information content (AvgIpc) is 2.08. The summed E-state index contributed by atoms with van der Waals surface area (Å²) < 4.78 is 5.05. The van der Waals surface area contributed by atoms with Crippen LogP contribution in [0.15, 0.2) is 24.3 Å². The second kappa shape index (κ2) is 5.03. The van der Waals surface area contributed by atoms with E-state index in [1.54, 1.807) is 7.11 Å². The van der Waals surface area contributed by atoms with Crippen LogP contribution in [0, 0.1) is 5.92 Å². The second-order valence-corrected chi connectivity index (χ2v) is 3.85. The van der Waals surface area contributed by atoms with E-state index < -0.39 is 0 Å². The number of benzene rings is 1. The molecule has 1 nitrogen and oxygen atoms in total. The Balaban J connectivity index is 2.59. The Morgan fingerprint density at radius 2 is 1.62 bits per heavy atom. The quantitative estimate of drug-likeness (QED) is 0.688. The molecule has 13 heavy (non-hydrogen) atoms. The molecule has 0 aromatic heterocycles. The van der Waals surface area contributed by atoms with Crippen molar-refractivity contribution in [2.24, 2.45) is 5.92 Å². The monoisotopic (exact) mass is 178 g/mol. The van der Waals surface area contributed by atoms with Crippen LogP contribution in [0.25, 0.3) is 0 Å². The van der Waals surface area contributed by atoms with Crippen molar-refractivity contribution in [2.75, 3.05) is 7.11 Å². The zero-order chi connectivity index (χ0) is 9.68. The zero-order valence-corrected chi connectivity index (χ0v) is 8.71. The Morgan fingerprint density at radius 1 is 1.08 bits per heavy atom. The van der Waals surface area contributed by atoms with Gasteiger partial charge in [0.05, 0.1) is 6.61 Å². The highest BCUT2D eigenvalue weighted by atomic mass is 16.5. The first-order valence-electron chi connectivity index (χ1n) is 4.79. The summed E-state index contributed by atoms with van der Waals surface area (Å²) in [6.07, 6.45) is 1.16. The van der Waals surface area contributed by atoms with E-state index in [1.807, 2.05) is 0 Å². The Labute approximate surface area is 80.7 Å². The molecule has 0 aliphatic rings. The average molecular weight is 178 g/mol. The fourth-order valence-corrected chi connectivity index (χ4v) is 1.41. The van der Waals surface area contributed by atoms with Crippen LogP contribution in [0.1, 0.15) is 25.0 Å². The van der Waals surface area contributed by atoms with Crippen LogP contribution in [0.5, 0.6) is 0 Å². The summed E-state index contributed by atoms with van der Waals surface area (Å²) in [7, 11) is 1.72. The molecule has 0 fully saturated rings. The van der Waals surface area contributed by atoms with Gasteiger partial charge in [-0.05, 0) is 23.5 Å². The molecule has 1 heteroatoms. The van der Waals surface area contributed by atoms with E-state index in [9.17, 15) is 0 Å². The molecule has 0 saturated carbocycles. The molecule has 1 rings (SSSR count). The van der Waals surface area contributed by atoms with Gasteiger partial charge in [0.1, 0.15) is 0 Å². The van der Waals surface area contributed by atoms with Gasteiger partial charge in [0.15, 0.2) is 0 Å². The maximum Gasteiger partial charge on any atom is 0.0713 e. The van der Waals surface area contributed by atoms with Gasteiger partial charge in [0.2, 0.25) is 0 Å². The molecule has 0 N–H and O–H groups in total. The van der Waals surface area contributed by atoms with E-state index >= 15 is 0 Å². The lowest BCUT2D eigenvalue weighted by Gasteiger charge is -2.05. The molecule has 0 saturated heterocycles. The maximum atomic E-state index is 5.05. The normalized spacial score (nSPS) is 10.8. The second-order valence-electron chi connectivity index (χ2n) is 3.85. The van der Waals surface area contributed by atoms with Gasteiger partial charge in [-0.25, -0.2) is 0 Å². The zero-order valence-electron chi connectivity index (χ0n) is 8.71. The van der Waals surface area contributed by atoms with Crippen molar-refractivity contribution in [3.63, 3.8) is 0 Å². The summed E-state index contributed by atoms with van der Waals surface area (Å²) in [4.78, 5) is 0. The highest BCUT2D eigenvalue weighted by Gasteiger charge is 1.97. The van der Waals surface area contributed by atoms with Gasteiger partial charge in [0, 0.05) is 7.11 Å². The Kier molecular flexibility index (Phi) is 3.97. The Hall–Kier alpha value is -0.820. The molecule has 0 amide bonds. The van der Waals surface area contributed by atoms with Crippen molar-refractivity contribution >= 4 is 0 Å².